The molecule has 2 atom stereocenters. The molecule has 1 amide bonds. The van der Waals surface area contributed by atoms with Gasteiger partial charge in [-0.05, 0) is 42.8 Å². The Kier molecular flexibility index (Phi) is 5.22. The maximum Gasteiger partial charge on any atom is 0.217 e. The van der Waals surface area contributed by atoms with E-state index in [2.05, 4.69) is 10.2 Å². The zero-order valence-electron chi connectivity index (χ0n) is 14.5. The molecule has 132 valence electrons. The molecule has 25 heavy (non-hydrogen) atoms. The largest absolute Gasteiger partial charge is 0.489 e. The van der Waals surface area contributed by atoms with Crippen LogP contribution < -0.4 is 15.0 Å². The average Bonchev–Trinajstić information content (AvgIpc) is 3.03. The van der Waals surface area contributed by atoms with Gasteiger partial charge in [-0.1, -0.05) is 18.2 Å². The third-order valence-electron chi connectivity index (χ3n) is 4.42. The second kappa shape index (κ2) is 7.55. The summed E-state index contributed by atoms with van der Waals surface area (Å²) in [5.41, 5.74) is 1.93. The van der Waals surface area contributed by atoms with Crippen molar-refractivity contribution < 1.29 is 13.9 Å². The highest BCUT2D eigenvalue weighted by atomic mass is 19.1. The van der Waals surface area contributed by atoms with Gasteiger partial charge in [0.2, 0.25) is 5.91 Å². The molecule has 0 radical (unpaired) electrons. The SMILES string of the molecule is CC(=O)N[C@@H](C)c1ccc(O[C@@H]2CCN(c3cccc(F)c3)C2)cc1. The summed E-state index contributed by atoms with van der Waals surface area (Å²) in [6.07, 6.45) is 0.988. The predicted molar refractivity (Wildman–Crippen MR) is 96.3 cm³/mol. The van der Waals surface area contributed by atoms with Gasteiger partial charge in [-0.25, -0.2) is 4.39 Å². The average molecular weight is 342 g/mol. The molecule has 3 rings (SSSR count). The van der Waals surface area contributed by atoms with Gasteiger partial charge < -0.3 is 15.0 Å². The van der Waals surface area contributed by atoms with Crippen molar-refractivity contribution in [1.82, 2.24) is 5.32 Å². The monoisotopic (exact) mass is 342 g/mol. The lowest BCUT2D eigenvalue weighted by Gasteiger charge is -2.19. The molecule has 1 fully saturated rings. The number of benzene rings is 2. The van der Waals surface area contributed by atoms with E-state index < -0.39 is 0 Å². The van der Waals surface area contributed by atoms with E-state index in [1.165, 1.54) is 13.0 Å². The van der Waals surface area contributed by atoms with Crippen LogP contribution in [0.15, 0.2) is 48.5 Å². The number of hydrogen-bond acceptors (Lipinski definition) is 3. The van der Waals surface area contributed by atoms with E-state index in [4.69, 9.17) is 4.74 Å². The first kappa shape index (κ1) is 17.3. The fraction of sp³-hybridized carbons (Fsp3) is 0.350. The summed E-state index contributed by atoms with van der Waals surface area (Å²) in [7, 11) is 0. The first-order valence-corrected chi connectivity index (χ1v) is 8.55. The maximum atomic E-state index is 13.4. The topological polar surface area (TPSA) is 41.6 Å². The van der Waals surface area contributed by atoms with Crippen LogP contribution in [-0.4, -0.2) is 25.1 Å². The highest BCUT2D eigenvalue weighted by Gasteiger charge is 2.24. The number of nitrogens with zero attached hydrogens (tertiary/aromatic N) is 1. The summed E-state index contributed by atoms with van der Waals surface area (Å²) in [4.78, 5) is 13.3. The van der Waals surface area contributed by atoms with Crippen molar-refractivity contribution in [3.8, 4) is 5.75 Å². The molecular formula is C20H23FN2O2. The number of rotatable bonds is 5. The van der Waals surface area contributed by atoms with Gasteiger partial charge in [0.1, 0.15) is 17.7 Å². The molecule has 5 heteroatoms. The lowest BCUT2D eigenvalue weighted by molar-refractivity contribution is -0.119. The molecule has 0 aliphatic carbocycles. The third kappa shape index (κ3) is 4.50. The van der Waals surface area contributed by atoms with Crippen molar-refractivity contribution >= 4 is 11.6 Å². The van der Waals surface area contributed by atoms with Crippen molar-refractivity contribution in [2.75, 3.05) is 18.0 Å². The van der Waals surface area contributed by atoms with Crippen LogP contribution in [0.5, 0.6) is 5.75 Å². The molecule has 1 heterocycles. The number of nitrogens with one attached hydrogen (secondary N) is 1. The van der Waals surface area contributed by atoms with Crippen molar-refractivity contribution in [2.24, 2.45) is 0 Å². The lowest BCUT2D eigenvalue weighted by Crippen LogP contribution is -2.24. The number of anilines is 1. The summed E-state index contributed by atoms with van der Waals surface area (Å²) < 4.78 is 19.4. The summed E-state index contributed by atoms with van der Waals surface area (Å²) in [5, 5.41) is 2.86. The van der Waals surface area contributed by atoms with E-state index in [1.54, 1.807) is 12.1 Å². The first-order chi connectivity index (χ1) is 12.0. The minimum Gasteiger partial charge on any atom is -0.489 e. The quantitative estimate of drug-likeness (QED) is 0.901. The Bertz CT molecular complexity index is 733. The molecule has 1 N–H and O–H groups in total. The minimum absolute atomic E-state index is 0.0264. The van der Waals surface area contributed by atoms with Gasteiger partial charge in [-0.15, -0.1) is 0 Å². The van der Waals surface area contributed by atoms with Crippen LogP contribution in [0.25, 0.3) is 0 Å². The smallest absolute Gasteiger partial charge is 0.217 e. The van der Waals surface area contributed by atoms with Crippen molar-refractivity contribution in [2.45, 2.75) is 32.4 Å². The molecule has 1 saturated heterocycles. The Morgan fingerprint density at radius 2 is 2.04 bits per heavy atom. The normalized spacial score (nSPS) is 18.0. The second-order valence-electron chi connectivity index (χ2n) is 6.45. The highest BCUT2D eigenvalue weighted by molar-refractivity contribution is 5.73. The van der Waals surface area contributed by atoms with Crippen LogP contribution in [0.3, 0.4) is 0 Å². The molecule has 2 aromatic carbocycles. The third-order valence-corrected chi connectivity index (χ3v) is 4.42. The van der Waals surface area contributed by atoms with Gasteiger partial charge in [0.15, 0.2) is 0 Å². The molecule has 0 unspecified atom stereocenters. The summed E-state index contributed by atoms with van der Waals surface area (Å²) in [6, 6.07) is 14.4. The number of hydrogen-bond donors (Lipinski definition) is 1. The Morgan fingerprint density at radius 1 is 1.28 bits per heavy atom. The molecule has 0 saturated carbocycles. The minimum atomic E-state index is -0.217. The number of carbonyl (C=O) groups is 1. The van der Waals surface area contributed by atoms with Crippen LogP contribution in [0, 0.1) is 5.82 Å². The Labute approximate surface area is 147 Å². The molecule has 4 nitrogen and oxygen atoms in total. The van der Waals surface area contributed by atoms with E-state index in [0.717, 1.165) is 36.5 Å². The van der Waals surface area contributed by atoms with Gasteiger partial charge in [0.25, 0.3) is 0 Å². The van der Waals surface area contributed by atoms with Gasteiger partial charge in [-0.2, -0.15) is 0 Å². The number of carbonyl (C=O) groups excluding carboxylic acids is 1. The van der Waals surface area contributed by atoms with Crippen LogP contribution >= 0.6 is 0 Å². The Balaban J connectivity index is 1.57. The molecule has 1 aliphatic heterocycles. The van der Waals surface area contributed by atoms with Crippen molar-refractivity contribution in [3.05, 3.63) is 59.9 Å². The molecule has 0 bridgehead atoms. The number of ether oxygens (including phenoxy) is 1. The van der Waals surface area contributed by atoms with E-state index >= 15 is 0 Å². The fourth-order valence-corrected chi connectivity index (χ4v) is 3.15. The summed E-state index contributed by atoms with van der Waals surface area (Å²) in [5.74, 6) is 0.548. The van der Waals surface area contributed by atoms with E-state index in [9.17, 15) is 9.18 Å². The maximum absolute atomic E-state index is 13.4. The van der Waals surface area contributed by atoms with Crippen LogP contribution in [0.2, 0.25) is 0 Å². The van der Waals surface area contributed by atoms with E-state index in [1.807, 2.05) is 37.3 Å². The second-order valence-corrected chi connectivity index (χ2v) is 6.45. The Morgan fingerprint density at radius 3 is 2.72 bits per heavy atom. The van der Waals surface area contributed by atoms with Crippen LogP contribution in [0.4, 0.5) is 10.1 Å². The van der Waals surface area contributed by atoms with E-state index in [0.29, 0.717) is 0 Å². The van der Waals surface area contributed by atoms with Crippen LogP contribution in [0.1, 0.15) is 31.9 Å². The van der Waals surface area contributed by atoms with Gasteiger partial charge in [0, 0.05) is 25.6 Å². The van der Waals surface area contributed by atoms with Crippen molar-refractivity contribution in [3.63, 3.8) is 0 Å². The fourth-order valence-electron chi connectivity index (χ4n) is 3.15. The van der Waals surface area contributed by atoms with Gasteiger partial charge >= 0.3 is 0 Å². The molecular weight excluding hydrogens is 319 g/mol. The molecule has 0 aromatic heterocycles. The molecule has 2 aromatic rings. The van der Waals surface area contributed by atoms with Gasteiger partial charge in [-0.3, -0.25) is 4.79 Å². The lowest BCUT2D eigenvalue weighted by atomic mass is 10.1. The van der Waals surface area contributed by atoms with Crippen molar-refractivity contribution in [1.29, 1.82) is 0 Å². The van der Waals surface area contributed by atoms with Gasteiger partial charge in [0.05, 0.1) is 12.6 Å². The zero-order chi connectivity index (χ0) is 17.8. The Hall–Kier alpha value is -2.56. The molecule has 0 spiro atoms. The predicted octanol–water partition coefficient (Wildman–Crippen LogP) is 3.68. The van der Waals surface area contributed by atoms with Crippen LogP contribution in [-0.2, 0) is 4.79 Å². The highest BCUT2D eigenvalue weighted by Crippen LogP contribution is 2.25. The number of halogens is 1. The van der Waals surface area contributed by atoms with E-state index in [-0.39, 0.29) is 23.9 Å². The summed E-state index contributed by atoms with van der Waals surface area (Å²) in [6.45, 7) is 5.06. The molecule has 1 aliphatic rings. The zero-order valence-corrected chi connectivity index (χ0v) is 14.5. The standard InChI is InChI=1S/C20H23FN2O2/c1-14(22-15(2)24)16-6-8-19(9-7-16)25-20-10-11-23(13-20)18-5-3-4-17(21)12-18/h3-9,12,14,20H,10-11,13H2,1-2H3,(H,22,24)/t14-,20+/m0/s1. The number of amides is 1. The summed E-state index contributed by atoms with van der Waals surface area (Å²) >= 11 is 0. The first-order valence-electron chi connectivity index (χ1n) is 8.55.